The number of amides is 1. The smallest absolute Gasteiger partial charge is 0.479 e. The van der Waals surface area contributed by atoms with Crippen LogP contribution in [0.3, 0.4) is 0 Å². The molecule has 0 radical (unpaired) electrons. The van der Waals surface area contributed by atoms with Crippen LogP contribution in [0.4, 0.5) is 18.9 Å². The van der Waals surface area contributed by atoms with Gasteiger partial charge in [-0.3, -0.25) is 9.69 Å². The maximum Gasteiger partial charge on any atom is 0.573 e. The number of carboxylic acid groups (broad SMARTS) is 1. The van der Waals surface area contributed by atoms with E-state index in [-0.39, 0.29) is 18.5 Å². The van der Waals surface area contributed by atoms with E-state index in [0.717, 1.165) is 23.5 Å². The number of carbonyl (C=O) groups excluding carboxylic acids is 1. The molecule has 2 rings (SSSR count). The van der Waals surface area contributed by atoms with Gasteiger partial charge in [0.1, 0.15) is 5.54 Å². The Morgan fingerprint density at radius 2 is 1.70 bits per heavy atom. The second-order valence-electron chi connectivity index (χ2n) is 5.97. The zero-order valence-corrected chi connectivity index (χ0v) is 15.3. The first kappa shape index (κ1) is 21.2. The first-order valence-corrected chi connectivity index (χ1v) is 8.56. The predicted molar refractivity (Wildman–Crippen MR) is 92.9 cm³/mol. The molecule has 0 atom stereocenters. The van der Waals surface area contributed by atoms with Crippen LogP contribution in [0, 0.1) is 12.3 Å². The van der Waals surface area contributed by atoms with E-state index in [9.17, 15) is 27.9 Å². The molecule has 1 aromatic rings. The SMILES string of the molecule is C#CC(=O)N(c1cc(Cl)c(OC(F)(F)F)c(Cl)c1)C1(C(=O)O)CCCCC1. The van der Waals surface area contributed by atoms with Crippen molar-refractivity contribution in [3.8, 4) is 18.1 Å². The minimum Gasteiger partial charge on any atom is -0.479 e. The molecule has 10 heteroatoms. The van der Waals surface area contributed by atoms with Crippen molar-refractivity contribution in [1.82, 2.24) is 0 Å². The van der Waals surface area contributed by atoms with E-state index in [4.69, 9.17) is 29.6 Å². The lowest BCUT2D eigenvalue weighted by atomic mass is 9.79. The summed E-state index contributed by atoms with van der Waals surface area (Å²) < 4.78 is 41.3. The average Bonchev–Trinajstić information content (AvgIpc) is 2.58. The molecular weight excluding hydrogens is 410 g/mol. The van der Waals surface area contributed by atoms with Crippen LogP contribution >= 0.6 is 23.2 Å². The number of alkyl halides is 3. The normalized spacial score (nSPS) is 16.3. The summed E-state index contributed by atoms with van der Waals surface area (Å²) in [5.74, 6) is -1.22. The minimum atomic E-state index is -5.03. The molecule has 0 spiro atoms. The Morgan fingerprint density at radius 3 is 2.11 bits per heavy atom. The van der Waals surface area contributed by atoms with Crippen molar-refractivity contribution >= 4 is 40.8 Å². The highest BCUT2D eigenvalue weighted by Crippen LogP contribution is 2.43. The van der Waals surface area contributed by atoms with Gasteiger partial charge in [-0.2, -0.15) is 0 Å². The van der Waals surface area contributed by atoms with Crippen molar-refractivity contribution in [3.63, 3.8) is 0 Å². The molecule has 146 valence electrons. The standard InChI is InChI=1S/C17H14Cl2F3NO4/c1-2-13(24)23(16(15(25)26)6-4-3-5-7-16)10-8-11(18)14(12(19)9-10)27-17(20,21)22/h1,8-9H,3-7H2,(H,25,26). The van der Waals surface area contributed by atoms with Gasteiger partial charge >= 0.3 is 18.2 Å². The van der Waals surface area contributed by atoms with Crippen LogP contribution in [0.1, 0.15) is 32.1 Å². The van der Waals surface area contributed by atoms with Gasteiger partial charge in [-0.1, -0.05) is 42.5 Å². The van der Waals surface area contributed by atoms with Crippen molar-refractivity contribution in [3.05, 3.63) is 22.2 Å². The fourth-order valence-electron chi connectivity index (χ4n) is 3.18. The number of carboxylic acids is 1. The number of carbonyl (C=O) groups is 2. The van der Waals surface area contributed by atoms with Gasteiger partial charge in [0, 0.05) is 5.69 Å². The summed E-state index contributed by atoms with van der Waals surface area (Å²) in [5, 5.41) is 8.73. The second-order valence-corrected chi connectivity index (χ2v) is 6.78. The van der Waals surface area contributed by atoms with E-state index in [0.29, 0.717) is 12.8 Å². The summed E-state index contributed by atoms with van der Waals surface area (Å²) in [5.41, 5.74) is -1.76. The third-order valence-corrected chi connectivity index (χ3v) is 4.85. The summed E-state index contributed by atoms with van der Waals surface area (Å²) in [6.45, 7) is 0. The van der Waals surface area contributed by atoms with Gasteiger partial charge in [0.05, 0.1) is 10.0 Å². The van der Waals surface area contributed by atoms with Crippen molar-refractivity contribution in [1.29, 1.82) is 0 Å². The summed E-state index contributed by atoms with van der Waals surface area (Å²) in [6.07, 6.45) is 2.28. The third-order valence-electron chi connectivity index (χ3n) is 4.29. The van der Waals surface area contributed by atoms with E-state index in [1.165, 1.54) is 0 Å². The molecule has 0 aromatic heterocycles. The van der Waals surface area contributed by atoms with Gasteiger partial charge < -0.3 is 9.84 Å². The van der Waals surface area contributed by atoms with Gasteiger partial charge in [-0.15, -0.1) is 19.6 Å². The summed E-state index contributed by atoms with van der Waals surface area (Å²) >= 11 is 11.7. The number of nitrogens with zero attached hydrogens (tertiary/aromatic N) is 1. The highest BCUT2D eigenvalue weighted by Gasteiger charge is 2.48. The van der Waals surface area contributed by atoms with Crippen LogP contribution < -0.4 is 9.64 Å². The minimum absolute atomic E-state index is 0.119. The molecule has 0 heterocycles. The van der Waals surface area contributed by atoms with Crippen LogP contribution in [0.25, 0.3) is 0 Å². The molecular formula is C17H14Cl2F3NO4. The van der Waals surface area contributed by atoms with E-state index in [2.05, 4.69) is 4.74 Å². The molecule has 27 heavy (non-hydrogen) atoms. The number of rotatable bonds is 4. The summed E-state index contributed by atoms with van der Waals surface area (Å²) in [7, 11) is 0. The first-order valence-electron chi connectivity index (χ1n) is 7.81. The highest BCUT2D eigenvalue weighted by molar-refractivity contribution is 6.37. The van der Waals surface area contributed by atoms with E-state index in [1.54, 1.807) is 0 Å². The zero-order chi connectivity index (χ0) is 20.4. The largest absolute Gasteiger partial charge is 0.573 e. The third kappa shape index (κ3) is 4.42. The number of ether oxygens (including phenoxy) is 1. The van der Waals surface area contributed by atoms with Crippen molar-refractivity contribution in [2.45, 2.75) is 44.0 Å². The molecule has 5 nitrogen and oxygen atoms in total. The molecule has 0 saturated heterocycles. The van der Waals surface area contributed by atoms with Crippen LogP contribution in [0.2, 0.25) is 10.0 Å². The second kappa shape index (κ2) is 7.87. The Hall–Kier alpha value is -2.11. The number of hydrogen-bond acceptors (Lipinski definition) is 3. The van der Waals surface area contributed by atoms with Crippen molar-refractivity contribution in [2.75, 3.05) is 4.90 Å². The Kier molecular flexibility index (Phi) is 6.17. The molecule has 0 unspecified atom stereocenters. The lowest BCUT2D eigenvalue weighted by Gasteiger charge is -2.42. The Morgan fingerprint density at radius 1 is 1.19 bits per heavy atom. The van der Waals surface area contributed by atoms with Crippen molar-refractivity contribution in [2.24, 2.45) is 0 Å². The quantitative estimate of drug-likeness (QED) is 0.715. The van der Waals surface area contributed by atoms with E-state index >= 15 is 0 Å². The topological polar surface area (TPSA) is 66.8 Å². The monoisotopic (exact) mass is 423 g/mol. The number of halogens is 5. The van der Waals surface area contributed by atoms with Crippen LogP contribution in [0.15, 0.2) is 12.1 Å². The van der Waals surface area contributed by atoms with Gasteiger partial charge in [0.25, 0.3) is 0 Å². The summed E-state index contributed by atoms with van der Waals surface area (Å²) in [6, 6.07) is 1.95. The maximum absolute atomic E-state index is 12.5. The van der Waals surface area contributed by atoms with Gasteiger partial charge in [-0.25, -0.2) is 4.79 Å². The molecule has 1 aliphatic rings. The number of terminal acetylenes is 1. The zero-order valence-electron chi connectivity index (χ0n) is 13.8. The molecule has 1 aliphatic carbocycles. The van der Waals surface area contributed by atoms with Crippen molar-refractivity contribution < 1.29 is 32.6 Å². The number of aliphatic carboxylic acids is 1. The first-order chi connectivity index (χ1) is 12.5. The highest BCUT2D eigenvalue weighted by atomic mass is 35.5. The van der Waals surface area contributed by atoms with Gasteiger partial charge in [0.15, 0.2) is 5.75 Å². The molecule has 1 amide bonds. The Balaban J connectivity index is 2.60. The fraction of sp³-hybridized carbons (Fsp3) is 0.412. The lowest BCUT2D eigenvalue weighted by molar-refractivity contribution is -0.274. The average molecular weight is 424 g/mol. The fourth-order valence-corrected chi connectivity index (χ4v) is 3.73. The molecule has 1 N–H and O–H groups in total. The Bertz CT molecular complexity index is 775. The Labute approximate surface area is 163 Å². The van der Waals surface area contributed by atoms with E-state index in [1.807, 2.05) is 5.92 Å². The number of anilines is 1. The van der Waals surface area contributed by atoms with Gasteiger partial charge in [-0.05, 0) is 30.9 Å². The molecule has 1 saturated carbocycles. The maximum atomic E-state index is 12.5. The number of hydrogen-bond donors (Lipinski definition) is 1. The van der Waals surface area contributed by atoms with Crippen LogP contribution in [0.5, 0.6) is 5.75 Å². The molecule has 0 bridgehead atoms. The molecule has 0 aliphatic heterocycles. The van der Waals surface area contributed by atoms with Crippen LogP contribution in [-0.4, -0.2) is 28.9 Å². The lowest BCUT2D eigenvalue weighted by Crippen LogP contribution is -2.58. The molecule has 1 fully saturated rings. The van der Waals surface area contributed by atoms with E-state index < -0.39 is 39.6 Å². The van der Waals surface area contributed by atoms with Crippen LogP contribution in [-0.2, 0) is 9.59 Å². The van der Waals surface area contributed by atoms with Gasteiger partial charge in [0.2, 0.25) is 0 Å². The molecule has 1 aromatic carbocycles. The predicted octanol–water partition coefficient (Wildman–Crippen LogP) is 4.65. The summed E-state index contributed by atoms with van der Waals surface area (Å²) in [4.78, 5) is 25.3. The number of benzene rings is 1.